The van der Waals surface area contributed by atoms with Gasteiger partial charge in [-0.25, -0.2) is 0 Å². The van der Waals surface area contributed by atoms with Crippen LogP contribution in [-0.2, 0) is 19.9 Å². The largest absolute Gasteiger partial charge is 0.324 e. The second-order valence-electron chi connectivity index (χ2n) is 8.05. The molecule has 6 nitrogen and oxygen atoms in total. The van der Waals surface area contributed by atoms with E-state index in [0.717, 1.165) is 12.8 Å². The number of hydrogen-bond donors (Lipinski definition) is 2. The first-order chi connectivity index (χ1) is 12.8. The molecule has 3 heterocycles. The summed E-state index contributed by atoms with van der Waals surface area (Å²) >= 11 is 6.21. The van der Waals surface area contributed by atoms with Crippen LogP contribution in [0, 0.1) is 17.8 Å². The van der Waals surface area contributed by atoms with E-state index in [-0.39, 0.29) is 29.7 Å². The van der Waals surface area contributed by atoms with Crippen molar-refractivity contribution >= 4 is 35.0 Å². The number of amides is 3. The van der Waals surface area contributed by atoms with Crippen molar-refractivity contribution in [1.29, 1.82) is 0 Å². The quantitative estimate of drug-likeness (QED) is 0.775. The van der Waals surface area contributed by atoms with Gasteiger partial charge in [-0.05, 0) is 30.5 Å². The summed E-state index contributed by atoms with van der Waals surface area (Å²) in [6.07, 6.45) is 1.65. The summed E-state index contributed by atoms with van der Waals surface area (Å²) in [6, 6.07) is 4.93. The summed E-state index contributed by atoms with van der Waals surface area (Å²) in [5, 5.41) is 6.78. The van der Waals surface area contributed by atoms with Crippen LogP contribution >= 0.6 is 11.6 Å². The van der Waals surface area contributed by atoms with Crippen LogP contribution in [0.3, 0.4) is 0 Å². The number of rotatable bonds is 4. The van der Waals surface area contributed by atoms with E-state index < -0.39 is 17.4 Å². The first kappa shape index (κ1) is 18.4. The summed E-state index contributed by atoms with van der Waals surface area (Å²) in [5.41, 5.74) is 0.0667. The van der Waals surface area contributed by atoms with E-state index >= 15 is 0 Å². The Labute approximate surface area is 163 Å². The molecule has 2 fully saturated rings. The Bertz CT molecular complexity index is 840. The highest BCUT2D eigenvalue weighted by atomic mass is 35.5. The Morgan fingerprint density at radius 1 is 1.22 bits per heavy atom. The van der Waals surface area contributed by atoms with E-state index in [9.17, 15) is 14.4 Å². The Kier molecular flexibility index (Phi) is 4.31. The number of nitrogens with zero attached hydrogens (tertiary/aromatic N) is 1. The Morgan fingerprint density at radius 3 is 2.63 bits per heavy atom. The molecule has 0 aromatic heterocycles. The van der Waals surface area contributed by atoms with Gasteiger partial charge in [-0.1, -0.05) is 38.8 Å². The van der Waals surface area contributed by atoms with Crippen molar-refractivity contribution in [2.45, 2.75) is 45.2 Å². The fourth-order valence-electron chi connectivity index (χ4n) is 4.88. The first-order valence-corrected chi connectivity index (χ1v) is 9.95. The predicted molar refractivity (Wildman–Crippen MR) is 102 cm³/mol. The van der Waals surface area contributed by atoms with Gasteiger partial charge in [0.25, 0.3) is 0 Å². The van der Waals surface area contributed by atoms with E-state index in [1.54, 1.807) is 18.2 Å². The fourth-order valence-corrected chi connectivity index (χ4v) is 5.05. The van der Waals surface area contributed by atoms with Gasteiger partial charge >= 0.3 is 0 Å². The molecule has 4 rings (SSSR count). The van der Waals surface area contributed by atoms with Crippen LogP contribution in [0.4, 0.5) is 5.69 Å². The van der Waals surface area contributed by atoms with Crippen LogP contribution in [0.5, 0.6) is 0 Å². The van der Waals surface area contributed by atoms with Crippen molar-refractivity contribution in [2.24, 2.45) is 17.8 Å². The van der Waals surface area contributed by atoms with E-state index in [1.165, 1.54) is 4.90 Å². The van der Waals surface area contributed by atoms with Crippen LogP contribution in [-0.4, -0.2) is 35.2 Å². The zero-order chi connectivity index (χ0) is 19.5. The standard InChI is InChI=1S/C20H24ClN3O3/c1-4-5-8-24-17(25)14-15(18(24)26)20(23-16(14)10(2)3)12-9-11(21)6-7-13(12)22-19(20)27/h6-7,9-10,14-16,23H,4-5,8H2,1-3H3,(H,22,27)/t14-,15-,16?,20?/m1/s1. The molecule has 27 heavy (non-hydrogen) atoms. The number of carbonyl (C=O) groups excluding carboxylic acids is 3. The van der Waals surface area contributed by atoms with Crippen LogP contribution in [0.25, 0.3) is 0 Å². The van der Waals surface area contributed by atoms with Crippen molar-refractivity contribution < 1.29 is 14.4 Å². The maximum atomic E-state index is 13.3. The second-order valence-corrected chi connectivity index (χ2v) is 8.49. The Balaban J connectivity index is 1.86. The molecule has 1 aromatic carbocycles. The minimum Gasteiger partial charge on any atom is -0.324 e. The molecule has 2 saturated heterocycles. The molecule has 7 heteroatoms. The van der Waals surface area contributed by atoms with Crippen LogP contribution in [0.2, 0.25) is 5.02 Å². The van der Waals surface area contributed by atoms with Crippen LogP contribution < -0.4 is 10.6 Å². The average molecular weight is 390 g/mol. The number of fused-ring (bicyclic) bond motifs is 4. The molecule has 144 valence electrons. The summed E-state index contributed by atoms with van der Waals surface area (Å²) in [4.78, 5) is 41.0. The highest BCUT2D eigenvalue weighted by Gasteiger charge is 2.70. The summed E-state index contributed by atoms with van der Waals surface area (Å²) in [6.45, 7) is 6.44. The SMILES string of the molecule is CCCCN1C(=O)[C@H]2C(C(C)C)NC3(C(=O)Nc4ccc(Cl)cc43)[C@H]2C1=O. The van der Waals surface area contributed by atoms with Gasteiger partial charge in [-0.3, -0.25) is 24.6 Å². The third kappa shape index (κ3) is 2.39. The molecule has 2 N–H and O–H groups in total. The number of nitrogens with one attached hydrogen (secondary N) is 2. The first-order valence-electron chi connectivity index (χ1n) is 9.57. The van der Waals surface area contributed by atoms with Crippen LogP contribution in [0.15, 0.2) is 18.2 Å². The molecule has 3 amide bonds. The lowest BCUT2D eigenvalue weighted by Gasteiger charge is -2.30. The number of likely N-dealkylation sites (tertiary alicyclic amines) is 1. The van der Waals surface area contributed by atoms with Crippen molar-refractivity contribution in [3.05, 3.63) is 28.8 Å². The predicted octanol–water partition coefficient (Wildman–Crippen LogP) is 2.52. The molecule has 3 aliphatic heterocycles. The zero-order valence-corrected chi connectivity index (χ0v) is 16.5. The Morgan fingerprint density at radius 2 is 1.96 bits per heavy atom. The number of benzene rings is 1. The lowest BCUT2D eigenvalue weighted by molar-refractivity contribution is -0.143. The normalized spacial score (nSPS) is 31.8. The van der Waals surface area contributed by atoms with Crippen molar-refractivity contribution in [3.8, 4) is 0 Å². The Hall–Kier alpha value is -1.92. The third-order valence-electron chi connectivity index (χ3n) is 6.16. The molecule has 3 aliphatic rings. The third-order valence-corrected chi connectivity index (χ3v) is 6.39. The van der Waals surface area contributed by atoms with Crippen molar-refractivity contribution in [3.63, 3.8) is 0 Å². The molecule has 0 bridgehead atoms. The van der Waals surface area contributed by atoms with Gasteiger partial charge in [-0.15, -0.1) is 0 Å². The molecular formula is C20H24ClN3O3. The molecule has 0 radical (unpaired) electrons. The van der Waals surface area contributed by atoms with Crippen molar-refractivity contribution in [2.75, 3.05) is 11.9 Å². The number of halogens is 1. The number of imide groups is 1. The summed E-state index contributed by atoms with van der Waals surface area (Å²) in [7, 11) is 0. The van der Waals surface area contributed by atoms with Gasteiger partial charge in [0.15, 0.2) is 0 Å². The highest BCUT2D eigenvalue weighted by molar-refractivity contribution is 6.31. The van der Waals surface area contributed by atoms with Gasteiger partial charge in [0.05, 0.1) is 11.8 Å². The topological polar surface area (TPSA) is 78.5 Å². The maximum absolute atomic E-state index is 13.3. The minimum absolute atomic E-state index is 0.0933. The number of hydrogen-bond acceptors (Lipinski definition) is 4. The molecular weight excluding hydrogens is 366 g/mol. The molecule has 0 aliphatic carbocycles. The molecule has 4 atom stereocenters. The van der Waals surface area contributed by atoms with E-state index in [4.69, 9.17) is 11.6 Å². The van der Waals surface area contributed by atoms with Crippen LogP contribution in [0.1, 0.15) is 39.2 Å². The minimum atomic E-state index is -1.24. The maximum Gasteiger partial charge on any atom is 0.250 e. The molecule has 1 spiro atoms. The van der Waals surface area contributed by atoms with Crippen molar-refractivity contribution in [1.82, 2.24) is 10.2 Å². The molecule has 2 unspecified atom stereocenters. The summed E-state index contributed by atoms with van der Waals surface area (Å²) < 4.78 is 0. The van der Waals surface area contributed by atoms with Gasteiger partial charge in [0, 0.05) is 28.9 Å². The van der Waals surface area contributed by atoms with E-state index in [1.807, 2.05) is 20.8 Å². The lowest BCUT2D eigenvalue weighted by Crippen LogP contribution is -2.54. The smallest absolute Gasteiger partial charge is 0.250 e. The second kappa shape index (κ2) is 6.31. The highest BCUT2D eigenvalue weighted by Crippen LogP contribution is 2.54. The lowest BCUT2D eigenvalue weighted by atomic mass is 9.76. The average Bonchev–Trinajstić information content (AvgIpc) is 3.20. The van der Waals surface area contributed by atoms with Gasteiger partial charge < -0.3 is 5.32 Å². The molecule has 1 aromatic rings. The molecule has 0 saturated carbocycles. The number of anilines is 1. The number of unbranched alkanes of at least 4 members (excludes halogenated alkanes) is 1. The van der Waals surface area contributed by atoms with Gasteiger partial charge in [-0.2, -0.15) is 0 Å². The zero-order valence-electron chi connectivity index (χ0n) is 15.7. The van der Waals surface area contributed by atoms with Gasteiger partial charge in [0.1, 0.15) is 5.54 Å². The monoisotopic (exact) mass is 389 g/mol. The van der Waals surface area contributed by atoms with Gasteiger partial charge in [0.2, 0.25) is 17.7 Å². The van der Waals surface area contributed by atoms with E-state index in [0.29, 0.717) is 22.8 Å². The fraction of sp³-hybridized carbons (Fsp3) is 0.550. The summed E-state index contributed by atoms with van der Waals surface area (Å²) in [5.74, 6) is -1.88. The van der Waals surface area contributed by atoms with E-state index in [2.05, 4.69) is 10.6 Å². The number of carbonyl (C=O) groups is 3.